The van der Waals surface area contributed by atoms with Crippen molar-refractivity contribution < 1.29 is 34.5 Å². The van der Waals surface area contributed by atoms with E-state index in [1.165, 1.54) is 6.92 Å². The number of aliphatic hydroxyl groups excluding tert-OH is 2. The zero-order valence-electron chi connectivity index (χ0n) is 20.5. The molecule has 12 heteroatoms. The lowest BCUT2D eigenvalue weighted by Gasteiger charge is -2.26. The molecule has 2 aromatic rings. The lowest BCUT2D eigenvalue weighted by atomic mass is 10.0. The highest BCUT2D eigenvalue weighted by molar-refractivity contribution is 5.94. The van der Waals surface area contributed by atoms with E-state index in [2.05, 4.69) is 20.9 Å². The van der Waals surface area contributed by atoms with Gasteiger partial charge in [0.1, 0.15) is 12.1 Å². The Bertz CT molecular complexity index is 1070. The van der Waals surface area contributed by atoms with Crippen LogP contribution in [0.4, 0.5) is 0 Å². The normalized spacial score (nSPS) is 15.5. The van der Waals surface area contributed by atoms with Gasteiger partial charge in [0.15, 0.2) is 6.04 Å². The van der Waals surface area contributed by atoms with Crippen molar-refractivity contribution in [3.8, 4) is 0 Å². The number of hydrogen-bond donors (Lipinski definition) is 8. The highest BCUT2D eigenvalue weighted by atomic mass is 16.4. The van der Waals surface area contributed by atoms with Crippen molar-refractivity contribution in [1.82, 2.24) is 20.9 Å². The smallest absolute Gasteiger partial charge is 0.328 e. The molecule has 0 spiro atoms. The number of aromatic nitrogens is 1. The van der Waals surface area contributed by atoms with Gasteiger partial charge < -0.3 is 42.0 Å². The van der Waals surface area contributed by atoms with Gasteiger partial charge in [-0.05, 0) is 37.3 Å². The second kappa shape index (κ2) is 13.0. The van der Waals surface area contributed by atoms with Gasteiger partial charge in [-0.3, -0.25) is 14.4 Å². The first-order valence-electron chi connectivity index (χ1n) is 11.7. The quantitative estimate of drug-likeness (QED) is 0.169. The number of nitrogens with one attached hydrogen (secondary N) is 4. The monoisotopic (exact) mass is 505 g/mol. The molecular weight excluding hydrogens is 470 g/mol. The lowest BCUT2D eigenvalue weighted by molar-refractivity contribution is -0.145. The van der Waals surface area contributed by atoms with Crippen LogP contribution < -0.4 is 21.7 Å². The van der Waals surface area contributed by atoms with Gasteiger partial charge in [0.2, 0.25) is 17.7 Å². The average molecular weight is 506 g/mol. The number of para-hydroxylation sites is 1. The Morgan fingerprint density at radius 3 is 2.17 bits per heavy atom. The number of aliphatic hydroxyl groups is 2. The third kappa shape index (κ3) is 7.77. The van der Waals surface area contributed by atoms with Crippen LogP contribution >= 0.6 is 0 Å². The third-order valence-electron chi connectivity index (χ3n) is 5.65. The maximum absolute atomic E-state index is 12.8. The molecule has 0 saturated carbocycles. The molecule has 1 aromatic heterocycles. The molecule has 0 radical (unpaired) electrons. The van der Waals surface area contributed by atoms with E-state index in [0.29, 0.717) is 0 Å². The number of carbonyl (C=O) groups excluding carboxylic acids is 3. The fourth-order valence-corrected chi connectivity index (χ4v) is 3.72. The van der Waals surface area contributed by atoms with Gasteiger partial charge in [0.05, 0.1) is 18.8 Å². The molecule has 0 saturated heterocycles. The minimum absolute atomic E-state index is 0.0670. The minimum atomic E-state index is -1.57. The van der Waals surface area contributed by atoms with E-state index in [1.54, 1.807) is 20.0 Å². The number of fused-ring (bicyclic) bond motifs is 1. The summed E-state index contributed by atoms with van der Waals surface area (Å²) in [6, 6.07) is 2.38. The third-order valence-corrected chi connectivity index (χ3v) is 5.65. The fraction of sp³-hybridized carbons (Fsp3) is 0.500. The largest absolute Gasteiger partial charge is 0.480 e. The molecule has 9 N–H and O–H groups in total. The van der Waals surface area contributed by atoms with Gasteiger partial charge in [-0.25, -0.2) is 4.79 Å². The highest BCUT2D eigenvalue weighted by Gasteiger charge is 2.32. The standard InChI is InChI=1S/C24H35N5O7/c1-12(2)8-18(22(33)29-20(13(3)31)24(35)36)27-23(34)19(11-30)28-21(32)16(25)9-14-10-26-17-7-5-4-6-15(14)17/h4-7,10,12-13,16,18-20,26,30-31H,8-9,11,25H2,1-3H3,(H,27,34)(H,28,32)(H,29,33)(H,35,36). The van der Waals surface area contributed by atoms with Crippen LogP contribution in [0.1, 0.15) is 32.8 Å². The van der Waals surface area contributed by atoms with Gasteiger partial charge in [0, 0.05) is 17.1 Å². The van der Waals surface area contributed by atoms with Gasteiger partial charge in [-0.2, -0.15) is 0 Å². The molecule has 0 aliphatic heterocycles. The molecule has 0 aliphatic carbocycles. The van der Waals surface area contributed by atoms with Crippen LogP contribution in [-0.2, 0) is 25.6 Å². The molecule has 198 valence electrons. The van der Waals surface area contributed by atoms with Crippen molar-refractivity contribution in [3.63, 3.8) is 0 Å². The summed E-state index contributed by atoms with van der Waals surface area (Å²) in [5, 5.41) is 36.5. The summed E-state index contributed by atoms with van der Waals surface area (Å²) in [5.74, 6) is -3.82. The van der Waals surface area contributed by atoms with Crippen molar-refractivity contribution >= 4 is 34.6 Å². The van der Waals surface area contributed by atoms with Crippen molar-refractivity contribution in [2.24, 2.45) is 11.7 Å². The Labute approximate surface area is 208 Å². The van der Waals surface area contributed by atoms with Crippen LogP contribution in [0.3, 0.4) is 0 Å². The van der Waals surface area contributed by atoms with E-state index >= 15 is 0 Å². The summed E-state index contributed by atoms with van der Waals surface area (Å²) >= 11 is 0. The van der Waals surface area contributed by atoms with Crippen LogP contribution in [0.5, 0.6) is 0 Å². The number of hydrogen-bond acceptors (Lipinski definition) is 7. The number of benzene rings is 1. The molecular formula is C24H35N5O7. The zero-order valence-corrected chi connectivity index (χ0v) is 20.5. The number of H-pyrrole nitrogens is 1. The SMILES string of the molecule is CC(C)CC(NC(=O)C(CO)NC(=O)C(N)Cc1c[nH]c2ccccc12)C(=O)NC(C(=O)O)C(C)O. The second-order valence-corrected chi connectivity index (χ2v) is 9.17. The predicted molar refractivity (Wildman–Crippen MR) is 132 cm³/mol. The van der Waals surface area contributed by atoms with Crippen LogP contribution in [0.15, 0.2) is 30.5 Å². The first-order valence-corrected chi connectivity index (χ1v) is 11.7. The Morgan fingerprint density at radius 2 is 1.58 bits per heavy atom. The van der Waals surface area contributed by atoms with Crippen LogP contribution in [0.25, 0.3) is 10.9 Å². The molecule has 5 atom stereocenters. The van der Waals surface area contributed by atoms with Gasteiger partial charge in [0.25, 0.3) is 0 Å². The Morgan fingerprint density at radius 1 is 0.972 bits per heavy atom. The molecule has 0 fully saturated rings. The maximum Gasteiger partial charge on any atom is 0.328 e. The summed E-state index contributed by atoms with van der Waals surface area (Å²) in [4.78, 5) is 52.6. The molecule has 3 amide bonds. The van der Waals surface area contributed by atoms with E-state index in [-0.39, 0.29) is 18.8 Å². The Balaban J connectivity index is 2.05. The average Bonchev–Trinajstić information content (AvgIpc) is 3.22. The van der Waals surface area contributed by atoms with Crippen LogP contribution in [-0.4, -0.2) is 80.9 Å². The van der Waals surface area contributed by atoms with Gasteiger partial charge in [-0.15, -0.1) is 0 Å². The minimum Gasteiger partial charge on any atom is -0.480 e. The molecule has 12 nitrogen and oxygen atoms in total. The predicted octanol–water partition coefficient (Wildman–Crippen LogP) is -1.00. The number of aliphatic carboxylic acids is 1. The molecule has 2 rings (SSSR count). The van der Waals surface area contributed by atoms with E-state index < -0.39 is 60.6 Å². The molecule has 36 heavy (non-hydrogen) atoms. The number of carboxylic acid groups (broad SMARTS) is 1. The lowest BCUT2D eigenvalue weighted by Crippen LogP contribution is -2.59. The van der Waals surface area contributed by atoms with E-state index in [1.807, 2.05) is 24.3 Å². The molecule has 5 unspecified atom stereocenters. The summed E-state index contributed by atoms with van der Waals surface area (Å²) in [5.41, 5.74) is 7.76. The van der Waals surface area contributed by atoms with Gasteiger partial charge >= 0.3 is 5.97 Å². The van der Waals surface area contributed by atoms with E-state index in [9.17, 15) is 34.5 Å². The molecule has 0 aliphatic rings. The van der Waals surface area contributed by atoms with Crippen molar-refractivity contribution in [2.75, 3.05) is 6.61 Å². The first-order chi connectivity index (χ1) is 16.9. The Hall–Kier alpha value is -3.48. The highest BCUT2D eigenvalue weighted by Crippen LogP contribution is 2.18. The van der Waals surface area contributed by atoms with Crippen molar-refractivity contribution in [1.29, 1.82) is 0 Å². The van der Waals surface area contributed by atoms with E-state index in [0.717, 1.165) is 16.5 Å². The number of amides is 3. The summed E-state index contributed by atoms with van der Waals surface area (Å²) in [6.45, 7) is 4.06. The van der Waals surface area contributed by atoms with Crippen LogP contribution in [0, 0.1) is 5.92 Å². The Kier molecular flexibility index (Phi) is 10.4. The summed E-state index contributed by atoms with van der Waals surface area (Å²) < 4.78 is 0. The van der Waals surface area contributed by atoms with Gasteiger partial charge in [-0.1, -0.05) is 32.0 Å². The van der Waals surface area contributed by atoms with Crippen LogP contribution in [0.2, 0.25) is 0 Å². The first kappa shape index (κ1) is 28.8. The molecule has 0 bridgehead atoms. The number of aromatic amines is 1. The van der Waals surface area contributed by atoms with Crippen molar-refractivity contribution in [2.45, 2.75) is 63.9 Å². The van der Waals surface area contributed by atoms with E-state index in [4.69, 9.17) is 5.73 Å². The number of rotatable bonds is 13. The zero-order chi connectivity index (χ0) is 27.0. The fourth-order valence-electron chi connectivity index (χ4n) is 3.72. The second-order valence-electron chi connectivity index (χ2n) is 9.17. The summed E-state index contributed by atoms with van der Waals surface area (Å²) in [6.07, 6.45) is 0.714. The molecule has 1 heterocycles. The number of carbonyl (C=O) groups is 4. The molecule has 1 aromatic carbocycles. The van der Waals surface area contributed by atoms with Crippen molar-refractivity contribution in [3.05, 3.63) is 36.0 Å². The summed E-state index contributed by atoms with van der Waals surface area (Å²) in [7, 11) is 0. The maximum atomic E-state index is 12.8. The topological polar surface area (TPSA) is 207 Å². The number of carboxylic acids is 1. The number of nitrogens with two attached hydrogens (primary N) is 1.